The van der Waals surface area contributed by atoms with Crippen molar-refractivity contribution in [3.63, 3.8) is 0 Å². The molecule has 4 heteroatoms. The maximum Gasteiger partial charge on any atom is 0.118 e. The van der Waals surface area contributed by atoms with Gasteiger partial charge in [-0.2, -0.15) is 5.10 Å². The average Bonchev–Trinajstić information content (AvgIpc) is 2.95. The zero-order chi connectivity index (χ0) is 13.9. The van der Waals surface area contributed by atoms with Crippen LogP contribution in [-0.2, 0) is 13.0 Å². The number of nitrogens with zero attached hydrogens (tertiary/aromatic N) is 2. The van der Waals surface area contributed by atoms with Crippen LogP contribution < -0.4 is 4.74 Å². The SMILES string of the molecule is COc1ccc(C(C)CN2CCc3[nH]ncc3C2)cc1. The number of rotatable bonds is 4. The van der Waals surface area contributed by atoms with Crippen LogP contribution in [-0.4, -0.2) is 35.3 Å². The third kappa shape index (κ3) is 2.70. The molecule has 0 amide bonds. The normalized spacial score (nSPS) is 16.7. The molecule has 0 bridgehead atoms. The topological polar surface area (TPSA) is 41.1 Å². The van der Waals surface area contributed by atoms with Crippen molar-refractivity contribution < 1.29 is 4.74 Å². The van der Waals surface area contributed by atoms with Gasteiger partial charge in [0.05, 0.1) is 13.3 Å². The minimum atomic E-state index is 0.523. The molecule has 106 valence electrons. The molecule has 4 nitrogen and oxygen atoms in total. The number of H-pyrrole nitrogens is 1. The highest BCUT2D eigenvalue weighted by atomic mass is 16.5. The molecule has 1 atom stereocenters. The lowest BCUT2D eigenvalue weighted by molar-refractivity contribution is 0.241. The molecule has 0 fully saturated rings. The van der Waals surface area contributed by atoms with Crippen LogP contribution in [0, 0.1) is 0 Å². The summed E-state index contributed by atoms with van der Waals surface area (Å²) in [6.45, 7) is 5.48. The molecule has 2 aromatic rings. The van der Waals surface area contributed by atoms with Gasteiger partial charge in [0.25, 0.3) is 0 Å². The van der Waals surface area contributed by atoms with E-state index in [2.05, 4.69) is 34.2 Å². The summed E-state index contributed by atoms with van der Waals surface area (Å²) >= 11 is 0. The minimum Gasteiger partial charge on any atom is -0.497 e. The lowest BCUT2D eigenvalue weighted by atomic mass is 9.99. The van der Waals surface area contributed by atoms with Crippen molar-refractivity contribution in [1.82, 2.24) is 15.1 Å². The standard InChI is InChI=1S/C16H21N3O/c1-12(13-3-5-15(20-2)6-4-13)10-19-8-7-16-14(11-19)9-17-18-16/h3-6,9,12H,7-8,10-11H2,1-2H3,(H,17,18). The van der Waals surface area contributed by atoms with E-state index in [1.165, 1.54) is 16.8 Å². The Labute approximate surface area is 119 Å². The van der Waals surface area contributed by atoms with Gasteiger partial charge in [-0.25, -0.2) is 0 Å². The fourth-order valence-electron chi connectivity index (χ4n) is 2.86. The zero-order valence-electron chi connectivity index (χ0n) is 12.1. The smallest absolute Gasteiger partial charge is 0.118 e. The van der Waals surface area contributed by atoms with Gasteiger partial charge in [0, 0.05) is 37.3 Å². The van der Waals surface area contributed by atoms with E-state index in [-0.39, 0.29) is 0 Å². The van der Waals surface area contributed by atoms with Gasteiger partial charge in [-0.3, -0.25) is 10.00 Å². The number of nitrogens with one attached hydrogen (secondary N) is 1. The lowest BCUT2D eigenvalue weighted by Crippen LogP contribution is -2.33. The Hall–Kier alpha value is -1.81. The minimum absolute atomic E-state index is 0.523. The molecule has 0 saturated heterocycles. The first-order valence-electron chi connectivity index (χ1n) is 7.13. The summed E-state index contributed by atoms with van der Waals surface area (Å²) in [6, 6.07) is 8.40. The molecule has 1 aromatic heterocycles. The first-order chi connectivity index (χ1) is 9.76. The number of hydrogen-bond acceptors (Lipinski definition) is 3. The van der Waals surface area contributed by atoms with Crippen molar-refractivity contribution in [3.05, 3.63) is 47.3 Å². The molecular formula is C16H21N3O. The van der Waals surface area contributed by atoms with Crippen LogP contribution >= 0.6 is 0 Å². The van der Waals surface area contributed by atoms with Gasteiger partial charge in [-0.05, 0) is 23.6 Å². The summed E-state index contributed by atoms with van der Waals surface area (Å²) in [5.74, 6) is 1.44. The molecule has 2 heterocycles. The first kappa shape index (κ1) is 13.2. The van der Waals surface area contributed by atoms with Crippen LogP contribution in [0.15, 0.2) is 30.5 Å². The Morgan fingerprint density at radius 3 is 2.90 bits per heavy atom. The summed E-state index contributed by atoms with van der Waals surface area (Å²) in [5.41, 5.74) is 4.01. The van der Waals surface area contributed by atoms with Crippen molar-refractivity contribution in [2.45, 2.75) is 25.8 Å². The third-order valence-electron chi connectivity index (χ3n) is 4.10. The monoisotopic (exact) mass is 271 g/mol. The second-order valence-electron chi connectivity index (χ2n) is 5.53. The van der Waals surface area contributed by atoms with Gasteiger partial charge >= 0.3 is 0 Å². The second-order valence-corrected chi connectivity index (χ2v) is 5.53. The van der Waals surface area contributed by atoms with Crippen LogP contribution in [0.5, 0.6) is 5.75 Å². The predicted octanol–water partition coefficient (Wildman–Crippen LogP) is 2.58. The van der Waals surface area contributed by atoms with E-state index in [9.17, 15) is 0 Å². The largest absolute Gasteiger partial charge is 0.497 e. The van der Waals surface area contributed by atoms with Crippen molar-refractivity contribution in [2.75, 3.05) is 20.2 Å². The fourth-order valence-corrected chi connectivity index (χ4v) is 2.86. The summed E-state index contributed by atoms with van der Waals surface area (Å²) in [4.78, 5) is 2.51. The van der Waals surface area contributed by atoms with Gasteiger partial charge < -0.3 is 4.74 Å². The second kappa shape index (κ2) is 5.67. The van der Waals surface area contributed by atoms with Gasteiger partial charge in [0.1, 0.15) is 5.75 Å². The van der Waals surface area contributed by atoms with Gasteiger partial charge in [-0.15, -0.1) is 0 Å². The maximum absolute atomic E-state index is 5.21. The highest BCUT2D eigenvalue weighted by molar-refractivity contribution is 5.29. The van der Waals surface area contributed by atoms with Crippen LogP contribution in [0.1, 0.15) is 29.7 Å². The van der Waals surface area contributed by atoms with E-state index in [0.717, 1.165) is 31.8 Å². The van der Waals surface area contributed by atoms with Crippen LogP contribution in [0.4, 0.5) is 0 Å². The highest BCUT2D eigenvalue weighted by Crippen LogP contribution is 2.23. The molecule has 0 radical (unpaired) electrons. The molecule has 1 unspecified atom stereocenters. The average molecular weight is 271 g/mol. The molecule has 1 aliphatic heterocycles. The lowest BCUT2D eigenvalue weighted by Gasteiger charge is -2.29. The molecule has 20 heavy (non-hydrogen) atoms. The van der Waals surface area contributed by atoms with E-state index in [1.807, 2.05) is 18.3 Å². The Morgan fingerprint density at radius 2 is 2.15 bits per heavy atom. The van der Waals surface area contributed by atoms with Crippen LogP contribution in [0.25, 0.3) is 0 Å². The molecule has 1 aliphatic rings. The van der Waals surface area contributed by atoms with Crippen molar-refractivity contribution >= 4 is 0 Å². The fraction of sp³-hybridized carbons (Fsp3) is 0.438. The quantitative estimate of drug-likeness (QED) is 0.929. The number of ether oxygens (including phenoxy) is 1. The van der Waals surface area contributed by atoms with Crippen LogP contribution in [0.3, 0.4) is 0 Å². The molecule has 0 saturated carbocycles. The van der Waals surface area contributed by atoms with Crippen LogP contribution in [0.2, 0.25) is 0 Å². The number of hydrogen-bond donors (Lipinski definition) is 1. The zero-order valence-corrected chi connectivity index (χ0v) is 12.1. The third-order valence-corrected chi connectivity index (χ3v) is 4.10. The summed E-state index contributed by atoms with van der Waals surface area (Å²) in [7, 11) is 1.70. The van der Waals surface area contributed by atoms with E-state index in [4.69, 9.17) is 4.74 Å². The van der Waals surface area contributed by atoms with E-state index in [0.29, 0.717) is 5.92 Å². The summed E-state index contributed by atoms with van der Waals surface area (Å²) in [6.07, 6.45) is 3.03. The predicted molar refractivity (Wildman–Crippen MR) is 79.0 cm³/mol. The Balaban J connectivity index is 1.63. The molecule has 1 N–H and O–H groups in total. The van der Waals surface area contributed by atoms with Crippen molar-refractivity contribution in [2.24, 2.45) is 0 Å². The van der Waals surface area contributed by atoms with Gasteiger partial charge in [0.2, 0.25) is 0 Å². The van der Waals surface area contributed by atoms with Crippen molar-refractivity contribution in [1.29, 1.82) is 0 Å². The maximum atomic E-state index is 5.21. The number of benzene rings is 1. The molecule has 1 aromatic carbocycles. The molecule has 0 aliphatic carbocycles. The Morgan fingerprint density at radius 1 is 1.35 bits per heavy atom. The molecule has 3 rings (SSSR count). The number of aromatic nitrogens is 2. The van der Waals surface area contributed by atoms with Gasteiger partial charge in [0.15, 0.2) is 0 Å². The van der Waals surface area contributed by atoms with Crippen molar-refractivity contribution in [3.8, 4) is 5.75 Å². The highest BCUT2D eigenvalue weighted by Gasteiger charge is 2.19. The number of aromatic amines is 1. The molecule has 0 spiro atoms. The Bertz CT molecular complexity index is 561. The first-order valence-corrected chi connectivity index (χ1v) is 7.13. The van der Waals surface area contributed by atoms with Gasteiger partial charge in [-0.1, -0.05) is 19.1 Å². The number of fused-ring (bicyclic) bond motifs is 1. The number of methoxy groups -OCH3 is 1. The summed E-state index contributed by atoms with van der Waals surface area (Å²) < 4.78 is 5.21. The van der Waals surface area contributed by atoms with E-state index >= 15 is 0 Å². The Kier molecular flexibility index (Phi) is 3.74. The van der Waals surface area contributed by atoms with E-state index in [1.54, 1.807) is 7.11 Å². The summed E-state index contributed by atoms with van der Waals surface area (Å²) in [5, 5.41) is 7.21. The molecular weight excluding hydrogens is 250 g/mol. The van der Waals surface area contributed by atoms with E-state index < -0.39 is 0 Å².